The third-order valence-corrected chi connectivity index (χ3v) is 5.01. The average molecular weight is 318 g/mol. The lowest BCUT2D eigenvalue weighted by atomic mass is 10.2. The van der Waals surface area contributed by atoms with E-state index in [-0.39, 0.29) is 17.9 Å². The molecule has 2 aromatic carbocycles. The standard InChI is InChI=1S/C16H17NO4S/c1-13-7-9-14(10-8-13)17(12-11-16(18)19)22(20,21)15-5-3-2-4-6-15/h2-10H,11-12H2,1H3,(H,18,19)/p-1. The second kappa shape index (κ2) is 6.62. The van der Waals surface area contributed by atoms with Gasteiger partial charge in [-0.1, -0.05) is 35.9 Å². The first-order chi connectivity index (χ1) is 10.4. The number of sulfonamides is 1. The number of carboxylic acid groups (broad SMARTS) is 1. The highest BCUT2D eigenvalue weighted by atomic mass is 32.2. The number of carbonyl (C=O) groups excluding carboxylic acids is 1. The Labute approximate surface area is 129 Å². The van der Waals surface area contributed by atoms with Gasteiger partial charge in [-0.3, -0.25) is 4.31 Å². The summed E-state index contributed by atoms with van der Waals surface area (Å²) in [6.45, 7) is 1.71. The van der Waals surface area contributed by atoms with Crippen molar-refractivity contribution in [1.29, 1.82) is 0 Å². The van der Waals surface area contributed by atoms with Crippen LogP contribution in [0.15, 0.2) is 59.5 Å². The van der Waals surface area contributed by atoms with Crippen LogP contribution in [0.4, 0.5) is 5.69 Å². The van der Waals surface area contributed by atoms with Gasteiger partial charge < -0.3 is 9.90 Å². The molecule has 5 nitrogen and oxygen atoms in total. The van der Waals surface area contributed by atoms with Crippen LogP contribution in [-0.4, -0.2) is 20.9 Å². The highest BCUT2D eigenvalue weighted by Gasteiger charge is 2.24. The van der Waals surface area contributed by atoms with Crippen LogP contribution in [0.5, 0.6) is 0 Å². The molecule has 0 radical (unpaired) electrons. The fourth-order valence-electron chi connectivity index (χ4n) is 2.01. The summed E-state index contributed by atoms with van der Waals surface area (Å²) >= 11 is 0. The van der Waals surface area contributed by atoms with Gasteiger partial charge in [0.1, 0.15) is 0 Å². The first kappa shape index (κ1) is 16.0. The summed E-state index contributed by atoms with van der Waals surface area (Å²) in [5.74, 6) is -1.29. The van der Waals surface area contributed by atoms with E-state index in [1.165, 1.54) is 12.1 Å². The van der Waals surface area contributed by atoms with Gasteiger partial charge in [0.15, 0.2) is 0 Å². The Bertz CT molecular complexity index is 739. The van der Waals surface area contributed by atoms with Crippen molar-refractivity contribution >= 4 is 21.7 Å². The van der Waals surface area contributed by atoms with Gasteiger partial charge in [-0.15, -0.1) is 0 Å². The number of aryl methyl sites for hydroxylation is 1. The van der Waals surface area contributed by atoms with Crippen LogP contribution in [0.25, 0.3) is 0 Å². The fourth-order valence-corrected chi connectivity index (χ4v) is 3.50. The van der Waals surface area contributed by atoms with E-state index in [0.29, 0.717) is 5.69 Å². The minimum absolute atomic E-state index is 0.119. The second-order valence-electron chi connectivity index (χ2n) is 4.85. The molecular formula is C16H16NO4S-. The van der Waals surface area contributed by atoms with E-state index in [9.17, 15) is 18.3 Å². The van der Waals surface area contributed by atoms with Crippen LogP contribution < -0.4 is 9.41 Å². The molecule has 2 rings (SSSR count). The zero-order valence-corrected chi connectivity index (χ0v) is 12.9. The molecule has 0 aliphatic carbocycles. The van der Waals surface area contributed by atoms with Gasteiger partial charge in [-0.25, -0.2) is 8.42 Å². The quantitative estimate of drug-likeness (QED) is 0.805. The van der Waals surface area contributed by atoms with Gasteiger partial charge in [-0.05, 0) is 31.2 Å². The summed E-state index contributed by atoms with van der Waals surface area (Å²) in [5.41, 5.74) is 1.41. The maximum absolute atomic E-state index is 12.7. The molecule has 0 heterocycles. The van der Waals surface area contributed by atoms with E-state index >= 15 is 0 Å². The number of hydrogen-bond acceptors (Lipinski definition) is 4. The molecule has 116 valence electrons. The van der Waals surface area contributed by atoms with Crippen LogP contribution in [-0.2, 0) is 14.8 Å². The SMILES string of the molecule is Cc1ccc(N(CCC(=O)[O-])S(=O)(=O)c2ccccc2)cc1. The lowest BCUT2D eigenvalue weighted by molar-refractivity contribution is -0.305. The number of anilines is 1. The van der Waals surface area contributed by atoms with Crippen molar-refractivity contribution in [3.63, 3.8) is 0 Å². The van der Waals surface area contributed by atoms with Crippen molar-refractivity contribution in [3.05, 3.63) is 60.2 Å². The van der Waals surface area contributed by atoms with Crippen molar-refractivity contribution in [2.24, 2.45) is 0 Å². The Hall–Kier alpha value is -2.34. The van der Waals surface area contributed by atoms with Crippen molar-refractivity contribution in [2.45, 2.75) is 18.2 Å². The van der Waals surface area contributed by atoms with Crippen molar-refractivity contribution in [2.75, 3.05) is 10.8 Å². The highest BCUT2D eigenvalue weighted by molar-refractivity contribution is 7.92. The summed E-state index contributed by atoms with van der Waals surface area (Å²) in [4.78, 5) is 10.8. The number of carbonyl (C=O) groups is 1. The zero-order chi connectivity index (χ0) is 16.2. The Morgan fingerprint density at radius 3 is 2.18 bits per heavy atom. The van der Waals surface area contributed by atoms with Crippen LogP contribution in [0.1, 0.15) is 12.0 Å². The Morgan fingerprint density at radius 1 is 1.05 bits per heavy atom. The molecule has 0 aromatic heterocycles. The number of hydrogen-bond donors (Lipinski definition) is 0. The molecule has 0 spiro atoms. The van der Waals surface area contributed by atoms with E-state index in [0.717, 1.165) is 9.87 Å². The smallest absolute Gasteiger partial charge is 0.264 e. The largest absolute Gasteiger partial charge is 0.550 e. The summed E-state index contributed by atoms with van der Waals surface area (Å²) in [6, 6.07) is 14.8. The van der Waals surface area contributed by atoms with Crippen molar-refractivity contribution in [1.82, 2.24) is 0 Å². The van der Waals surface area contributed by atoms with Crippen molar-refractivity contribution in [3.8, 4) is 0 Å². The highest BCUT2D eigenvalue weighted by Crippen LogP contribution is 2.24. The van der Waals surface area contributed by atoms with Gasteiger partial charge in [0.25, 0.3) is 10.0 Å². The summed E-state index contributed by atoms with van der Waals surface area (Å²) < 4.78 is 26.6. The Morgan fingerprint density at radius 2 is 1.64 bits per heavy atom. The van der Waals surface area contributed by atoms with Crippen LogP contribution in [0.2, 0.25) is 0 Å². The average Bonchev–Trinajstić information content (AvgIpc) is 2.49. The number of benzene rings is 2. The predicted octanol–water partition coefficient (Wildman–Crippen LogP) is 1.33. The van der Waals surface area contributed by atoms with Gasteiger partial charge in [0, 0.05) is 18.9 Å². The van der Waals surface area contributed by atoms with Gasteiger partial charge in [-0.2, -0.15) is 0 Å². The summed E-state index contributed by atoms with van der Waals surface area (Å²) in [6.07, 6.45) is -0.375. The van der Waals surface area contributed by atoms with Gasteiger partial charge >= 0.3 is 0 Å². The van der Waals surface area contributed by atoms with E-state index in [2.05, 4.69) is 0 Å². The van der Waals surface area contributed by atoms with E-state index in [1.807, 2.05) is 6.92 Å². The zero-order valence-electron chi connectivity index (χ0n) is 12.1. The molecule has 0 saturated carbocycles. The minimum atomic E-state index is -3.82. The molecular weight excluding hydrogens is 302 g/mol. The summed E-state index contributed by atoms with van der Waals surface area (Å²) in [7, 11) is -3.82. The minimum Gasteiger partial charge on any atom is -0.550 e. The molecule has 0 unspecified atom stereocenters. The van der Waals surface area contributed by atoms with E-state index < -0.39 is 16.0 Å². The first-order valence-corrected chi connectivity index (χ1v) is 8.19. The second-order valence-corrected chi connectivity index (χ2v) is 6.71. The van der Waals surface area contributed by atoms with E-state index in [4.69, 9.17) is 0 Å². The molecule has 0 saturated heterocycles. The fraction of sp³-hybridized carbons (Fsp3) is 0.188. The molecule has 22 heavy (non-hydrogen) atoms. The monoisotopic (exact) mass is 318 g/mol. The number of carboxylic acids is 1. The molecule has 0 N–H and O–H groups in total. The number of nitrogens with zero attached hydrogens (tertiary/aromatic N) is 1. The van der Waals surface area contributed by atoms with Crippen LogP contribution in [0.3, 0.4) is 0 Å². The molecule has 0 fully saturated rings. The maximum Gasteiger partial charge on any atom is 0.264 e. The van der Waals surface area contributed by atoms with Gasteiger partial charge in [0.2, 0.25) is 0 Å². The lowest BCUT2D eigenvalue weighted by Crippen LogP contribution is -2.35. The normalized spacial score (nSPS) is 11.1. The third kappa shape index (κ3) is 3.65. The number of rotatable bonds is 6. The Balaban J connectivity index is 2.43. The topological polar surface area (TPSA) is 77.5 Å². The first-order valence-electron chi connectivity index (χ1n) is 6.75. The molecule has 6 heteroatoms. The maximum atomic E-state index is 12.7. The van der Waals surface area contributed by atoms with Crippen LogP contribution in [0, 0.1) is 6.92 Å². The molecule has 0 bridgehead atoms. The lowest BCUT2D eigenvalue weighted by Gasteiger charge is -2.25. The summed E-state index contributed by atoms with van der Waals surface area (Å²) in [5, 5.41) is 10.7. The van der Waals surface area contributed by atoms with E-state index in [1.54, 1.807) is 42.5 Å². The van der Waals surface area contributed by atoms with Crippen LogP contribution >= 0.6 is 0 Å². The molecule has 2 aromatic rings. The predicted molar refractivity (Wildman–Crippen MR) is 81.8 cm³/mol. The molecule has 0 aliphatic heterocycles. The number of aliphatic carboxylic acids is 1. The van der Waals surface area contributed by atoms with Crippen molar-refractivity contribution < 1.29 is 18.3 Å². The molecule has 0 amide bonds. The molecule has 0 atom stereocenters. The molecule has 0 aliphatic rings. The third-order valence-electron chi connectivity index (χ3n) is 3.17. The van der Waals surface area contributed by atoms with Gasteiger partial charge in [0.05, 0.1) is 10.6 Å². The Kier molecular flexibility index (Phi) is 4.82.